The van der Waals surface area contributed by atoms with Crippen molar-refractivity contribution in [2.24, 2.45) is 0 Å². The monoisotopic (exact) mass is 517 g/mol. The van der Waals surface area contributed by atoms with Crippen LogP contribution >= 0.6 is 11.6 Å². The molecular formula is C28H24ClN3O5. The van der Waals surface area contributed by atoms with Crippen LogP contribution in [0.4, 0.5) is 17.1 Å². The summed E-state index contributed by atoms with van der Waals surface area (Å²) in [6.45, 7) is 5.65. The van der Waals surface area contributed by atoms with Gasteiger partial charge in [-0.3, -0.25) is 14.4 Å². The van der Waals surface area contributed by atoms with Gasteiger partial charge in [0.15, 0.2) is 0 Å². The predicted molar refractivity (Wildman–Crippen MR) is 142 cm³/mol. The third-order valence-corrected chi connectivity index (χ3v) is 6.03. The van der Waals surface area contributed by atoms with Crippen LogP contribution < -0.4 is 15.5 Å². The minimum Gasteiger partial charge on any atom is -0.462 e. The Balaban J connectivity index is 1.47. The number of nitrogens with zero attached hydrogens (tertiary/aromatic N) is 1. The average molecular weight is 518 g/mol. The zero-order valence-electron chi connectivity index (χ0n) is 20.4. The molecule has 0 saturated carbocycles. The highest BCUT2D eigenvalue weighted by Crippen LogP contribution is 2.32. The lowest BCUT2D eigenvalue weighted by Gasteiger charge is -2.18. The number of halogens is 1. The van der Waals surface area contributed by atoms with E-state index in [0.717, 1.165) is 16.0 Å². The number of ether oxygens (including phenoxy) is 1. The number of aryl methyl sites for hydroxylation is 2. The van der Waals surface area contributed by atoms with E-state index < -0.39 is 23.7 Å². The molecule has 0 atom stereocenters. The molecule has 37 heavy (non-hydrogen) atoms. The Morgan fingerprint density at radius 3 is 2.32 bits per heavy atom. The van der Waals surface area contributed by atoms with Crippen LogP contribution in [0.25, 0.3) is 0 Å². The summed E-state index contributed by atoms with van der Waals surface area (Å²) in [4.78, 5) is 51.6. The highest BCUT2D eigenvalue weighted by Gasteiger charge is 2.39. The molecule has 1 aliphatic rings. The van der Waals surface area contributed by atoms with E-state index in [4.69, 9.17) is 16.3 Å². The van der Waals surface area contributed by atoms with Gasteiger partial charge in [0, 0.05) is 16.9 Å². The minimum atomic E-state index is -0.607. The van der Waals surface area contributed by atoms with Crippen LogP contribution in [-0.2, 0) is 14.3 Å². The zero-order valence-corrected chi connectivity index (χ0v) is 21.2. The van der Waals surface area contributed by atoms with Crippen LogP contribution in [0.15, 0.2) is 77.5 Å². The number of carbonyl (C=O) groups excluding carboxylic acids is 4. The molecule has 8 nitrogen and oxygen atoms in total. The molecule has 0 fully saturated rings. The van der Waals surface area contributed by atoms with Gasteiger partial charge in [0.1, 0.15) is 10.7 Å². The summed E-state index contributed by atoms with van der Waals surface area (Å²) in [5.74, 6) is -2.04. The van der Waals surface area contributed by atoms with Crippen molar-refractivity contribution in [1.29, 1.82) is 0 Å². The minimum absolute atomic E-state index is 0.0412. The van der Waals surface area contributed by atoms with Crippen molar-refractivity contribution in [3.05, 3.63) is 99.7 Å². The maximum absolute atomic E-state index is 13.1. The van der Waals surface area contributed by atoms with Gasteiger partial charge in [-0.15, -0.1) is 0 Å². The molecule has 0 saturated heterocycles. The number of esters is 1. The number of rotatable bonds is 7. The van der Waals surface area contributed by atoms with Gasteiger partial charge in [-0.2, -0.15) is 0 Å². The Kier molecular flexibility index (Phi) is 7.40. The second-order valence-corrected chi connectivity index (χ2v) is 8.76. The first-order chi connectivity index (χ1) is 17.7. The highest BCUT2D eigenvalue weighted by molar-refractivity contribution is 6.53. The van der Waals surface area contributed by atoms with Gasteiger partial charge < -0.3 is 15.4 Å². The van der Waals surface area contributed by atoms with E-state index in [2.05, 4.69) is 10.6 Å². The highest BCUT2D eigenvalue weighted by atomic mass is 35.5. The van der Waals surface area contributed by atoms with E-state index in [1.807, 2.05) is 26.0 Å². The Morgan fingerprint density at radius 2 is 1.62 bits per heavy atom. The van der Waals surface area contributed by atoms with Crippen LogP contribution in [0, 0.1) is 13.8 Å². The molecule has 3 aromatic rings. The Morgan fingerprint density at radius 1 is 0.892 bits per heavy atom. The molecule has 0 spiro atoms. The molecular weight excluding hydrogens is 494 g/mol. The van der Waals surface area contributed by atoms with E-state index in [1.54, 1.807) is 55.5 Å². The maximum Gasteiger partial charge on any atom is 0.338 e. The number of hydrogen-bond donors (Lipinski definition) is 2. The number of carbonyl (C=O) groups is 4. The summed E-state index contributed by atoms with van der Waals surface area (Å²) in [7, 11) is 0. The summed E-state index contributed by atoms with van der Waals surface area (Å²) < 4.78 is 4.98. The van der Waals surface area contributed by atoms with Crippen LogP contribution in [0.2, 0.25) is 0 Å². The first-order valence-corrected chi connectivity index (χ1v) is 11.9. The summed E-state index contributed by atoms with van der Waals surface area (Å²) in [6, 6.07) is 18.2. The molecule has 4 rings (SSSR count). The quantitative estimate of drug-likeness (QED) is 0.331. The fourth-order valence-corrected chi connectivity index (χ4v) is 3.99. The standard InChI is InChI=1S/C28H24ClN3O5/c1-4-37-28(36)19-6-5-7-21(15-19)31-25(33)18-10-12-20(13-11-18)30-24-23(29)26(34)32(27(24)35)22-14-16(2)8-9-17(22)3/h5-15,30H,4H2,1-3H3,(H,31,33). The van der Waals surface area contributed by atoms with Crippen molar-refractivity contribution in [3.8, 4) is 0 Å². The van der Waals surface area contributed by atoms with E-state index in [-0.39, 0.29) is 17.3 Å². The van der Waals surface area contributed by atoms with Crippen molar-refractivity contribution in [2.45, 2.75) is 20.8 Å². The van der Waals surface area contributed by atoms with Gasteiger partial charge in [0.2, 0.25) is 0 Å². The zero-order chi connectivity index (χ0) is 26.7. The van der Waals surface area contributed by atoms with E-state index in [1.165, 1.54) is 6.07 Å². The van der Waals surface area contributed by atoms with E-state index >= 15 is 0 Å². The Hall–Kier alpha value is -4.43. The lowest BCUT2D eigenvalue weighted by molar-refractivity contribution is -0.120. The first kappa shape index (κ1) is 25.7. The Bertz CT molecular complexity index is 1450. The third kappa shape index (κ3) is 5.39. The van der Waals surface area contributed by atoms with Gasteiger partial charge in [0.25, 0.3) is 17.7 Å². The molecule has 1 heterocycles. The summed E-state index contributed by atoms with van der Waals surface area (Å²) in [5.41, 5.74) is 3.69. The molecule has 0 radical (unpaired) electrons. The number of nitrogens with one attached hydrogen (secondary N) is 2. The summed E-state index contributed by atoms with van der Waals surface area (Å²) >= 11 is 6.25. The Labute approximate surface area is 218 Å². The molecule has 0 bridgehead atoms. The molecule has 1 aliphatic heterocycles. The van der Waals surface area contributed by atoms with E-state index in [9.17, 15) is 19.2 Å². The van der Waals surface area contributed by atoms with Crippen LogP contribution in [-0.4, -0.2) is 30.3 Å². The second-order valence-electron chi connectivity index (χ2n) is 8.38. The molecule has 3 amide bonds. The first-order valence-electron chi connectivity index (χ1n) is 11.5. The van der Waals surface area contributed by atoms with E-state index in [0.29, 0.717) is 28.2 Å². The summed E-state index contributed by atoms with van der Waals surface area (Å²) in [6.07, 6.45) is 0. The third-order valence-electron chi connectivity index (χ3n) is 5.68. The number of anilines is 3. The molecule has 0 aromatic heterocycles. The van der Waals surface area contributed by atoms with Crippen molar-refractivity contribution in [1.82, 2.24) is 0 Å². The number of amides is 3. The SMILES string of the molecule is CCOC(=O)c1cccc(NC(=O)c2ccc(NC3=C(Cl)C(=O)N(c4cc(C)ccc4C)C3=O)cc2)c1. The molecule has 0 aliphatic carbocycles. The largest absolute Gasteiger partial charge is 0.462 e. The van der Waals surface area contributed by atoms with Gasteiger partial charge >= 0.3 is 5.97 Å². The van der Waals surface area contributed by atoms with Crippen LogP contribution in [0.1, 0.15) is 38.8 Å². The van der Waals surface area contributed by atoms with Crippen LogP contribution in [0.3, 0.4) is 0 Å². The van der Waals surface area contributed by atoms with Crippen molar-refractivity contribution in [2.75, 3.05) is 22.1 Å². The van der Waals surface area contributed by atoms with Gasteiger partial charge in [-0.25, -0.2) is 9.69 Å². The molecule has 2 N–H and O–H groups in total. The fourth-order valence-electron chi connectivity index (χ4n) is 3.78. The number of hydrogen-bond acceptors (Lipinski definition) is 6. The molecule has 9 heteroatoms. The van der Waals surface area contributed by atoms with Gasteiger partial charge in [-0.05, 0) is 80.4 Å². The molecule has 188 valence electrons. The van der Waals surface area contributed by atoms with Gasteiger partial charge in [-0.1, -0.05) is 29.8 Å². The fraction of sp³-hybridized carbons (Fsp3) is 0.143. The van der Waals surface area contributed by atoms with Gasteiger partial charge in [0.05, 0.1) is 17.9 Å². The van der Waals surface area contributed by atoms with Crippen molar-refractivity contribution >= 4 is 52.4 Å². The van der Waals surface area contributed by atoms with Crippen LogP contribution in [0.5, 0.6) is 0 Å². The lowest BCUT2D eigenvalue weighted by atomic mass is 10.1. The topological polar surface area (TPSA) is 105 Å². The smallest absolute Gasteiger partial charge is 0.338 e. The second kappa shape index (κ2) is 10.7. The van der Waals surface area contributed by atoms with Crippen molar-refractivity contribution in [3.63, 3.8) is 0 Å². The van der Waals surface area contributed by atoms with Crippen molar-refractivity contribution < 1.29 is 23.9 Å². The predicted octanol–water partition coefficient (Wildman–Crippen LogP) is 5.17. The molecule has 3 aromatic carbocycles. The number of benzene rings is 3. The average Bonchev–Trinajstić information content (AvgIpc) is 3.09. The lowest BCUT2D eigenvalue weighted by Crippen LogP contribution is -2.32. The maximum atomic E-state index is 13.1. The summed E-state index contributed by atoms with van der Waals surface area (Å²) in [5, 5.41) is 5.43. The normalized spacial score (nSPS) is 13.1. The number of imide groups is 1. The molecule has 0 unspecified atom stereocenters.